The molecule has 0 aliphatic carbocycles. The fourth-order valence-electron chi connectivity index (χ4n) is 4.99. The molecule has 0 bridgehead atoms. The first-order chi connectivity index (χ1) is 16.9. The molecule has 2 heterocycles. The summed E-state index contributed by atoms with van der Waals surface area (Å²) in [6, 6.07) is 21.9. The minimum absolute atomic E-state index is 0.0537. The number of anilines is 1. The van der Waals surface area contributed by atoms with Gasteiger partial charge >= 0.3 is 0 Å². The SMILES string of the molecule is Cc1ccc(OCC(O)Cn2c(C3CC(=O)N(c4ccccc4C)C3)nc3ccccc32)c(C)c1. The third kappa shape index (κ3) is 4.66. The molecule has 35 heavy (non-hydrogen) atoms. The van der Waals surface area contributed by atoms with Crippen molar-refractivity contribution in [2.45, 2.75) is 45.8 Å². The molecule has 6 heteroatoms. The number of nitrogens with zero attached hydrogens (tertiary/aromatic N) is 3. The molecular formula is C29H31N3O3. The highest BCUT2D eigenvalue weighted by atomic mass is 16.5. The summed E-state index contributed by atoms with van der Waals surface area (Å²) in [6.45, 7) is 7.17. The number of amides is 1. The highest BCUT2D eigenvalue weighted by molar-refractivity contribution is 5.97. The van der Waals surface area contributed by atoms with Crippen LogP contribution in [0.25, 0.3) is 11.0 Å². The fourth-order valence-corrected chi connectivity index (χ4v) is 4.99. The lowest BCUT2D eigenvalue weighted by atomic mass is 10.1. The Morgan fingerprint density at radius 3 is 2.60 bits per heavy atom. The topological polar surface area (TPSA) is 67.6 Å². The molecular weight excluding hydrogens is 438 g/mol. The number of fused-ring (bicyclic) bond motifs is 1. The van der Waals surface area contributed by atoms with Crippen molar-refractivity contribution in [1.29, 1.82) is 0 Å². The maximum atomic E-state index is 13.0. The molecule has 0 spiro atoms. The van der Waals surface area contributed by atoms with Crippen molar-refractivity contribution in [3.63, 3.8) is 0 Å². The van der Waals surface area contributed by atoms with E-state index in [4.69, 9.17) is 9.72 Å². The molecule has 5 rings (SSSR count). The van der Waals surface area contributed by atoms with E-state index < -0.39 is 6.10 Å². The van der Waals surface area contributed by atoms with Crippen molar-refractivity contribution >= 4 is 22.6 Å². The largest absolute Gasteiger partial charge is 0.491 e. The van der Waals surface area contributed by atoms with Crippen LogP contribution in [0.4, 0.5) is 5.69 Å². The normalized spacial score (nSPS) is 16.7. The highest BCUT2D eigenvalue weighted by Crippen LogP contribution is 2.34. The second-order valence-corrected chi connectivity index (χ2v) is 9.49. The number of aryl methyl sites for hydroxylation is 3. The number of benzene rings is 3. The Hall–Kier alpha value is -3.64. The monoisotopic (exact) mass is 469 g/mol. The quantitative estimate of drug-likeness (QED) is 0.417. The lowest BCUT2D eigenvalue weighted by Gasteiger charge is -2.20. The maximum Gasteiger partial charge on any atom is 0.227 e. The molecule has 1 aromatic heterocycles. The van der Waals surface area contributed by atoms with E-state index in [1.54, 1.807) is 0 Å². The summed E-state index contributed by atoms with van der Waals surface area (Å²) in [5.74, 6) is 1.66. The van der Waals surface area contributed by atoms with Gasteiger partial charge in [0.15, 0.2) is 0 Å². The van der Waals surface area contributed by atoms with E-state index in [0.717, 1.165) is 39.4 Å². The Morgan fingerprint density at radius 1 is 1.03 bits per heavy atom. The van der Waals surface area contributed by atoms with Gasteiger partial charge in [-0.2, -0.15) is 0 Å². The number of carbonyl (C=O) groups is 1. The molecule has 4 aromatic rings. The van der Waals surface area contributed by atoms with E-state index >= 15 is 0 Å². The fraction of sp³-hybridized carbons (Fsp3) is 0.310. The molecule has 2 atom stereocenters. The van der Waals surface area contributed by atoms with E-state index in [1.807, 2.05) is 86.3 Å². The van der Waals surface area contributed by atoms with Crippen molar-refractivity contribution < 1.29 is 14.6 Å². The standard InChI is InChI=1S/C29H31N3O3/c1-19-12-13-27(21(3)14-19)35-18-23(33)17-32-26-11-7-5-9-24(26)30-29(32)22-15-28(34)31(16-22)25-10-6-4-8-20(25)2/h4-14,22-23,33H,15-18H2,1-3H3. The highest BCUT2D eigenvalue weighted by Gasteiger charge is 2.35. The molecule has 6 nitrogen and oxygen atoms in total. The smallest absolute Gasteiger partial charge is 0.227 e. The van der Waals surface area contributed by atoms with Crippen LogP contribution in [0.1, 0.15) is 34.9 Å². The van der Waals surface area contributed by atoms with Crippen molar-refractivity contribution in [2.24, 2.45) is 0 Å². The predicted octanol–water partition coefficient (Wildman–Crippen LogP) is 4.92. The van der Waals surface area contributed by atoms with Crippen LogP contribution in [0.3, 0.4) is 0 Å². The number of aliphatic hydroxyl groups is 1. The summed E-state index contributed by atoms with van der Waals surface area (Å²) in [5.41, 5.74) is 6.07. The summed E-state index contributed by atoms with van der Waals surface area (Å²) in [4.78, 5) is 19.8. The number of aromatic nitrogens is 2. The van der Waals surface area contributed by atoms with Gasteiger partial charge in [0.1, 0.15) is 24.3 Å². The second kappa shape index (κ2) is 9.55. The zero-order valence-corrected chi connectivity index (χ0v) is 20.4. The summed E-state index contributed by atoms with van der Waals surface area (Å²) < 4.78 is 8.00. The number of imidazole rings is 1. The Balaban J connectivity index is 1.39. The Bertz CT molecular complexity index is 1380. The number of ether oxygens (including phenoxy) is 1. The first kappa shape index (κ1) is 23.1. The third-order valence-corrected chi connectivity index (χ3v) is 6.74. The second-order valence-electron chi connectivity index (χ2n) is 9.49. The van der Waals surface area contributed by atoms with Crippen molar-refractivity contribution in [3.8, 4) is 5.75 Å². The van der Waals surface area contributed by atoms with E-state index in [0.29, 0.717) is 19.5 Å². The zero-order valence-electron chi connectivity index (χ0n) is 20.4. The van der Waals surface area contributed by atoms with Crippen LogP contribution in [0.5, 0.6) is 5.75 Å². The van der Waals surface area contributed by atoms with Crippen LogP contribution < -0.4 is 9.64 Å². The minimum Gasteiger partial charge on any atom is -0.491 e. The van der Waals surface area contributed by atoms with Gasteiger partial charge in [-0.05, 0) is 56.2 Å². The average Bonchev–Trinajstić information content (AvgIpc) is 3.39. The number of rotatable bonds is 7. The lowest BCUT2D eigenvalue weighted by Crippen LogP contribution is -2.27. The van der Waals surface area contributed by atoms with Crippen LogP contribution in [0, 0.1) is 20.8 Å². The molecule has 0 radical (unpaired) electrons. The third-order valence-electron chi connectivity index (χ3n) is 6.74. The molecule has 1 aliphatic heterocycles. The van der Waals surface area contributed by atoms with Gasteiger partial charge in [0.05, 0.1) is 17.6 Å². The molecule has 3 aromatic carbocycles. The predicted molar refractivity (Wildman–Crippen MR) is 138 cm³/mol. The summed E-state index contributed by atoms with van der Waals surface area (Å²) in [6.07, 6.45) is -0.330. The molecule has 1 amide bonds. The first-order valence-corrected chi connectivity index (χ1v) is 12.1. The van der Waals surface area contributed by atoms with Crippen molar-refractivity contribution in [1.82, 2.24) is 9.55 Å². The van der Waals surface area contributed by atoms with Crippen molar-refractivity contribution in [3.05, 3.63) is 89.2 Å². The molecule has 0 saturated carbocycles. The van der Waals surface area contributed by atoms with Gasteiger partial charge in [0, 0.05) is 24.6 Å². The number of aliphatic hydroxyl groups excluding tert-OH is 1. The summed E-state index contributed by atoms with van der Waals surface area (Å²) in [5, 5.41) is 10.9. The Labute approximate surface area is 205 Å². The summed E-state index contributed by atoms with van der Waals surface area (Å²) in [7, 11) is 0. The van der Waals surface area contributed by atoms with Gasteiger partial charge in [0.25, 0.3) is 0 Å². The average molecular weight is 470 g/mol. The molecule has 1 aliphatic rings. The molecule has 1 saturated heterocycles. The number of hydrogen-bond acceptors (Lipinski definition) is 4. The van der Waals surface area contributed by atoms with Crippen LogP contribution >= 0.6 is 0 Å². The van der Waals surface area contributed by atoms with Gasteiger partial charge < -0.3 is 19.3 Å². The van der Waals surface area contributed by atoms with E-state index in [2.05, 4.69) is 10.6 Å². The van der Waals surface area contributed by atoms with E-state index in [9.17, 15) is 9.90 Å². The summed E-state index contributed by atoms with van der Waals surface area (Å²) >= 11 is 0. The first-order valence-electron chi connectivity index (χ1n) is 12.1. The molecule has 1 N–H and O–H groups in total. The number of para-hydroxylation sites is 3. The van der Waals surface area contributed by atoms with Crippen molar-refractivity contribution in [2.75, 3.05) is 18.1 Å². The van der Waals surface area contributed by atoms with Crippen LogP contribution in [0.15, 0.2) is 66.7 Å². The van der Waals surface area contributed by atoms with Gasteiger partial charge in [0.2, 0.25) is 5.91 Å². The van der Waals surface area contributed by atoms with Crippen LogP contribution in [0.2, 0.25) is 0 Å². The van der Waals surface area contributed by atoms with Gasteiger partial charge in [-0.1, -0.05) is 48.0 Å². The Kier molecular flexibility index (Phi) is 6.31. The maximum absolute atomic E-state index is 13.0. The van der Waals surface area contributed by atoms with E-state index in [1.165, 1.54) is 5.56 Å². The van der Waals surface area contributed by atoms with Gasteiger partial charge in [-0.15, -0.1) is 0 Å². The molecule has 1 fully saturated rings. The Morgan fingerprint density at radius 2 is 1.80 bits per heavy atom. The number of carbonyl (C=O) groups excluding carboxylic acids is 1. The molecule has 2 unspecified atom stereocenters. The van der Waals surface area contributed by atoms with Crippen LogP contribution in [-0.4, -0.2) is 39.8 Å². The number of hydrogen-bond donors (Lipinski definition) is 1. The zero-order chi connectivity index (χ0) is 24.5. The van der Waals surface area contributed by atoms with Crippen LogP contribution in [-0.2, 0) is 11.3 Å². The molecule has 180 valence electrons. The van der Waals surface area contributed by atoms with Gasteiger partial charge in [-0.3, -0.25) is 4.79 Å². The lowest BCUT2D eigenvalue weighted by molar-refractivity contribution is -0.117. The minimum atomic E-state index is -0.725. The van der Waals surface area contributed by atoms with E-state index in [-0.39, 0.29) is 18.4 Å². The van der Waals surface area contributed by atoms with Gasteiger partial charge in [-0.25, -0.2) is 4.98 Å².